The quantitative estimate of drug-likeness (QED) is 0.427. The topological polar surface area (TPSA) is 45.5 Å². The van der Waals surface area contributed by atoms with Gasteiger partial charge in [-0.15, -0.1) is 24.0 Å². The van der Waals surface area contributed by atoms with Gasteiger partial charge in [0.2, 0.25) is 0 Å². The summed E-state index contributed by atoms with van der Waals surface area (Å²) in [5, 5.41) is 3.43. The summed E-state index contributed by atoms with van der Waals surface area (Å²) in [6.07, 6.45) is 4.98. The molecule has 1 N–H and O–H groups in total. The number of benzene rings is 1. The van der Waals surface area contributed by atoms with E-state index in [1.54, 1.807) is 0 Å². The minimum absolute atomic E-state index is 0. The first-order valence-corrected chi connectivity index (χ1v) is 8.82. The van der Waals surface area contributed by atoms with Gasteiger partial charge in [0, 0.05) is 37.7 Å². The van der Waals surface area contributed by atoms with Gasteiger partial charge in [-0.05, 0) is 30.9 Å². The highest BCUT2D eigenvalue weighted by Crippen LogP contribution is 2.27. The van der Waals surface area contributed by atoms with E-state index in [1.165, 1.54) is 11.3 Å². The Hall–Kier alpha value is -1.57. The standard InChI is InChI=1S/C19H27N5.HI/c1-4-20-19(24-11-9-16-7-5-6-8-17(16)24)22-13-18-21-10-12-23(18)14-15(2)3;/h5-8,10,12,15H,4,9,11,13-14H2,1-3H3,(H,20,22);1H. The van der Waals surface area contributed by atoms with Gasteiger partial charge in [-0.25, -0.2) is 9.98 Å². The molecule has 0 aliphatic carbocycles. The molecule has 0 fully saturated rings. The van der Waals surface area contributed by atoms with Crippen LogP contribution in [-0.4, -0.2) is 28.6 Å². The predicted octanol–water partition coefficient (Wildman–Crippen LogP) is 3.69. The van der Waals surface area contributed by atoms with Crippen LogP contribution in [0.3, 0.4) is 0 Å². The second-order valence-electron chi connectivity index (χ2n) is 6.59. The van der Waals surface area contributed by atoms with Crippen LogP contribution < -0.4 is 10.2 Å². The smallest absolute Gasteiger partial charge is 0.198 e. The van der Waals surface area contributed by atoms with E-state index >= 15 is 0 Å². The third-order valence-electron chi connectivity index (χ3n) is 4.21. The van der Waals surface area contributed by atoms with E-state index in [9.17, 15) is 0 Å². The van der Waals surface area contributed by atoms with Gasteiger partial charge in [0.15, 0.2) is 5.96 Å². The molecule has 0 saturated carbocycles. The van der Waals surface area contributed by atoms with Crippen molar-refractivity contribution in [2.45, 2.75) is 40.3 Å². The Kier molecular flexibility index (Phi) is 7.28. The molecule has 2 aromatic rings. The third kappa shape index (κ3) is 4.74. The monoisotopic (exact) mass is 453 g/mol. The van der Waals surface area contributed by atoms with Crippen molar-refractivity contribution in [3.8, 4) is 0 Å². The number of aliphatic imine (C=N–C) groups is 1. The molecule has 6 heteroatoms. The minimum atomic E-state index is 0. The highest BCUT2D eigenvalue weighted by Gasteiger charge is 2.22. The maximum absolute atomic E-state index is 4.85. The second kappa shape index (κ2) is 9.22. The number of nitrogens with zero attached hydrogens (tertiary/aromatic N) is 4. The Morgan fingerprint density at radius 3 is 2.88 bits per heavy atom. The lowest BCUT2D eigenvalue weighted by Crippen LogP contribution is -2.40. The van der Waals surface area contributed by atoms with Crippen LogP contribution in [0.25, 0.3) is 0 Å². The van der Waals surface area contributed by atoms with Crippen molar-refractivity contribution in [2.75, 3.05) is 18.0 Å². The van der Waals surface area contributed by atoms with Crippen molar-refractivity contribution in [1.29, 1.82) is 0 Å². The number of halogens is 1. The number of para-hydroxylation sites is 1. The Morgan fingerprint density at radius 2 is 2.12 bits per heavy atom. The summed E-state index contributed by atoms with van der Waals surface area (Å²) in [6, 6.07) is 8.58. The minimum Gasteiger partial charge on any atom is -0.356 e. The van der Waals surface area contributed by atoms with E-state index in [2.05, 4.69) is 64.8 Å². The molecule has 1 aliphatic rings. The van der Waals surface area contributed by atoms with Crippen molar-refractivity contribution in [1.82, 2.24) is 14.9 Å². The van der Waals surface area contributed by atoms with Gasteiger partial charge in [0.05, 0.1) is 0 Å². The van der Waals surface area contributed by atoms with Gasteiger partial charge < -0.3 is 14.8 Å². The number of guanidine groups is 1. The zero-order valence-corrected chi connectivity index (χ0v) is 17.6. The van der Waals surface area contributed by atoms with E-state index in [0.717, 1.165) is 37.8 Å². The first-order chi connectivity index (χ1) is 11.7. The van der Waals surface area contributed by atoms with Gasteiger partial charge in [0.25, 0.3) is 0 Å². The Bertz CT molecular complexity index is 707. The molecule has 5 nitrogen and oxygen atoms in total. The number of fused-ring (bicyclic) bond motifs is 1. The lowest BCUT2D eigenvalue weighted by atomic mass is 10.2. The van der Waals surface area contributed by atoms with Crippen molar-refractivity contribution in [3.63, 3.8) is 0 Å². The number of nitrogens with one attached hydrogen (secondary N) is 1. The van der Waals surface area contributed by atoms with Gasteiger partial charge in [-0.3, -0.25) is 0 Å². The van der Waals surface area contributed by atoms with Crippen LogP contribution in [0.15, 0.2) is 41.7 Å². The Balaban J connectivity index is 0.00000225. The van der Waals surface area contributed by atoms with Crippen LogP contribution in [0.2, 0.25) is 0 Å². The molecular formula is C19H28IN5. The van der Waals surface area contributed by atoms with Crippen LogP contribution in [0.1, 0.15) is 32.2 Å². The molecule has 25 heavy (non-hydrogen) atoms. The van der Waals surface area contributed by atoms with Crippen molar-refractivity contribution >= 4 is 35.6 Å². The van der Waals surface area contributed by atoms with E-state index in [4.69, 9.17) is 4.99 Å². The first-order valence-electron chi connectivity index (χ1n) is 8.82. The number of hydrogen-bond acceptors (Lipinski definition) is 2. The molecule has 1 aromatic heterocycles. The third-order valence-corrected chi connectivity index (χ3v) is 4.21. The zero-order valence-electron chi connectivity index (χ0n) is 15.3. The Morgan fingerprint density at radius 1 is 1.32 bits per heavy atom. The summed E-state index contributed by atoms with van der Waals surface area (Å²) in [5.74, 6) is 2.56. The highest BCUT2D eigenvalue weighted by atomic mass is 127. The van der Waals surface area contributed by atoms with E-state index < -0.39 is 0 Å². The number of anilines is 1. The van der Waals surface area contributed by atoms with Gasteiger partial charge in [-0.1, -0.05) is 32.0 Å². The fourth-order valence-corrected chi connectivity index (χ4v) is 3.15. The van der Waals surface area contributed by atoms with Crippen molar-refractivity contribution < 1.29 is 0 Å². The first kappa shape index (κ1) is 19.8. The SMILES string of the molecule is CCNC(=NCc1nccn1CC(C)C)N1CCc2ccccc21.I. The molecule has 0 spiro atoms. The number of aromatic nitrogens is 2. The fourth-order valence-electron chi connectivity index (χ4n) is 3.15. The van der Waals surface area contributed by atoms with Crippen molar-refractivity contribution in [2.24, 2.45) is 10.9 Å². The molecule has 0 atom stereocenters. The average molecular weight is 453 g/mol. The van der Waals surface area contributed by atoms with Crippen LogP contribution >= 0.6 is 24.0 Å². The molecule has 1 aromatic carbocycles. The van der Waals surface area contributed by atoms with E-state index in [-0.39, 0.29) is 24.0 Å². The molecule has 136 valence electrons. The molecule has 0 saturated heterocycles. The fraction of sp³-hybridized carbons (Fsp3) is 0.474. The zero-order chi connectivity index (χ0) is 16.9. The van der Waals surface area contributed by atoms with Crippen molar-refractivity contribution in [3.05, 3.63) is 48.0 Å². The molecule has 0 unspecified atom stereocenters. The van der Waals surface area contributed by atoms with Crippen LogP contribution in [-0.2, 0) is 19.5 Å². The summed E-state index contributed by atoms with van der Waals surface area (Å²) in [6.45, 7) is 9.96. The molecule has 1 aliphatic heterocycles. The molecule has 2 heterocycles. The van der Waals surface area contributed by atoms with Crippen LogP contribution in [0, 0.1) is 5.92 Å². The van der Waals surface area contributed by atoms with Crippen LogP contribution in [0.4, 0.5) is 5.69 Å². The van der Waals surface area contributed by atoms with Crippen LogP contribution in [0.5, 0.6) is 0 Å². The second-order valence-corrected chi connectivity index (χ2v) is 6.59. The molecular weight excluding hydrogens is 425 g/mol. The summed E-state index contributed by atoms with van der Waals surface area (Å²) in [4.78, 5) is 11.6. The largest absolute Gasteiger partial charge is 0.356 e. The number of rotatable bonds is 5. The summed E-state index contributed by atoms with van der Waals surface area (Å²) in [7, 11) is 0. The number of imidazole rings is 1. The molecule has 0 radical (unpaired) electrons. The Labute approximate surface area is 167 Å². The van der Waals surface area contributed by atoms with E-state index in [0.29, 0.717) is 12.5 Å². The predicted molar refractivity (Wildman–Crippen MR) is 115 cm³/mol. The summed E-state index contributed by atoms with van der Waals surface area (Å²) >= 11 is 0. The highest BCUT2D eigenvalue weighted by molar-refractivity contribution is 14.0. The molecule has 0 amide bonds. The average Bonchev–Trinajstić information content (AvgIpc) is 3.18. The lowest BCUT2D eigenvalue weighted by molar-refractivity contribution is 0.507. The maximum Gasteiger partial charge on any atom is 0.198 e. The molecule has 0 bridgehead atoms. The molecule has 3 rings (SSSR count). The summed E-state index contributed by atoms with van der Waals surface area (Å²) < 4.78 is 2.20. The van der Waals surface area contributed by atoms with Gasteiger partial charge in [0.1, 0.15) is 12.4 Å². The van der Waals surface area contributed by atoms with E-state index in [1.807, 2.05) is 12.4 Å². The maximum atomic E-state index is 4.85. The summed E-state index contributed by atoms with van der Waals surface area (Å²) in [5.41, 5.74) is 2.66. The van der Waals surface area contributed by atoms with Gasteiger partial charge in [-0.2, -0.15) is 0 Å². The van der Waals surface area contributed by atoms with Gasteiger partial charge >= 0.3 is 0 Å². The normalized spacial score (nSPS) is 13.8. The number of hydrogen-bond donors (Lipinski definition) is 1. The lowest BCUT2D eigenvalue weighted by Gasteiger charge is -2.22.